The van der Waals surface area contributed by atoms with Crippen LogP contribution in [-0.2, 0) is 0 Å². The van der Waals surface area contributed by atoms with Crippen molar-refractivity contribution in [3.05, 3.63) is 11.1 Å². The van der Waals surface area contributed by atoms with Crippen molar-refractivity contribution < 1.29 is 9.90 Å². The standard InChI is InChI=1S/C8H12N2O2S/c1-3-4-10(2)8-9-6(5-13-8)7(11)12/h5H,3-4H2,1-2H3,(H,11,12). The Morgan fingerprint density at radius 1 is 1.77 bits per heavy atom. The Kier molecular flexibility index (Phi) is 3.25. The van der Waals surface area contributed by atoms with Crippen LogP contribution in [-0.4, -0.2) is 29.7 Å². The third-order valence-corrected chi connectivity index (χ3v) is 2.55. The number of aromatic carboxylic acids is 1. The van der Waals surface area contributed by atoms with Gasteiger partial charge in [-0.3, -0.25) is 0 Å². The fourth-order valence-corrected chi connectivity index (χ4v) is 1.76. The molecule has 0 radical (unpaired) electrons. The van der Waals surface area contributed by atoms with Crippen molar-refractivity contribution in [1.29, 1.82) is 0 Å². The number of aromatic nitrogens is 1. The monoisotopic (exact) mass is 200 g/mol. The Bertz CT molecular complexity index is 298. The molecule has 0 aliphatic heterocycles. The SMILES string of the molecule is CCCN(C)c1nc(C(=O)O)cs1. The predicted molar refractivity (Wildman–Crippen MR) is 52.6 cm³/mol. The molecule has 0 aliphatic rings. The molecule has 5 heteroatoms. The molecular formula is C8H12N2O2S. The summed E-state index contributed by atoms with van der Waals surface area (Å²) in [5, 5.41) is 11.0. The first kappa shape index (κ1) is 9.98. The number of carboxylic acids is 1. The van der Waals surface area contributed by atoms with E-state index in [4.69, 9.17) is 5.11 Å². The molecule has 0 aromatic carbocycles. The number of hydrogen-bond acceptors (Lipinski definition) is 4. The van der Waals surface area contributed by atoms with Crippen molar-refractivity contribution in [2.24, 2.45) is 0 Å². The molecule has 0 spiro atoms. The van der Waals surface area contributed by atoms with Crippen LogP contribution in [0, 0.1) is 0 Å². The largest absolute Gasteiger partial charge is 0.476 e. The van der Waals surface area contributed by atoms with Gasteiger partial charge in [0.05, 0.1) is 0 Å². The van der Waals surface area contributed by atoms with Crippen LogP contribution in [0.25, 0.3) is 0 Å². The van der Waals surface area contributed by atoms with Crippen LogP contribution in [0.15, 0.2) is 5.38 Å². The Hall–Kier alpha value is -1.10. The lowest BCUT2D eigenvalue weighted by atomic mass is 10.4. The van der Waals surface area contributed by atoms with E-state index < -0.39 is 5.97 Å². The molecule has 0 unspecified atom stereocenters. The van der Waals surface area contributed by atoms with Crippen LogP contribution in [0.2, 0.25) is 0 Å². The zero-order chi connectivity index (χ0) is 9.84. The van der Waals surface area contributed by atoms with Crippen LogP contribution in [0.1, 0.15) is 23.8 Å². The van der Waals surface area contributed by atoms with Crippen molar-refractivity contribution in [2.75, 3.05) is 18.5 Å². The minimum atomic E-state index is -0.965. The molecule has 1 heterocycles. The first-order chi connectivity index (χ1) is 6.15. The Balaban J connectivity index is 2.73. The molecule has 1 rings (SSSR count). The number of nitrogens with zero attached hydrogens (tertiary/aromatic N) is 2. The molecule has 13 heavy (non-hydrogen) atoms. The summed E-state index contributed by atoms with van der Waals surface area (Å²) in [7, 11) is 1.91. The van der Waals surface area contributed by atoms with Gasteiger partial charge in [-0.15, -0.1) is 11.3 Å². The van der Waals surface area contributed by atoms with E-state index in [0.717, 1.165) is 18.1 Å². The van der Waals surface area contributed by atoms with Gasteiger partial charge in [0, 0.05) is 19.0 Å². The summed E-state index contributed by atoms with van der Waals surface area (Å²) in [6, 6.07) is 0. The fraction of sp³-hybridized carbons (Fsp3) is 0.500. The maximum atomic E-state index is 10.5. The summed E-state index contributed by atoms with van der Waals surface area (Å²) in [6.45, 7) is 2.97. The average molecular weight is 200 g/mol. The topological polar surface area (TPSA) is 53.4 Å². The van der Waals surface area contributed by atoms with Crippen LogP contribution in [0.4, 0.5) is 5.13 Å². The highest BCUT2D eigenvalue weighted by Gasteiger charge is 2.10. The first-order valence-corrected chi connectivity index (χ1v) is 4.93. The van der Waals surface area contributed by atoms with Crippen LogP contribution in [0.3, 0.4) is 0 Å². The third kappa shape index (κ3) is 2.42. The van der Waals surface area contributed by atoms with E-state index in [9.17, 15) is 4.79 Å². The third-order valence-electron chi connectivity index (χ3n) is 1.60. The van der Waals surface area contributed by atoms with Gasteiger partial charge in [0.2, 0.25) is 0 Å². The molecule has 1 N–H and O–H groups in total. The van der Waals surface area contributed by atoms with E-state index >= 15 is 0 Å². The Labute approximate surface area is 80.8 Å². The summed E-state index contributed by atoms with van der Waals surface area (Å²) in [5.41, 5.74) is 0.128. The van der Waals surface area contributed by atoms with Gasteiger partial charge in [0.25, 0.3) is 0 Å². The number of thiazole rings is 1. The quantitative estimate of drug-likeness (QED) is 0.803. The molecule has 72 valence electrons. The lowest BCUT2D eigenvalue weighted by Crippen LogP contribution is -2.17. The van der Waals surface area contributed by atoms with Gasteiger partial charge in [-0.1, -0.05) is 6.92 Å². The number of anilines is 1. The number of carboxylic acid groups (broad SMARTS) is 1. The van der Waals surface area contributed by atoms with Gasteiger partial charge in [0.1, 0.15) is 0 Å². The highest BCUT2D eigenvalue weighted by atomic mass is 32.1. The van der Waals surface area contributed by atoms with Gasteiger partial charge >= 0.3 is 5.97 Å². The Morgan fingerprint density at radius 3 is 2.92 bits per heavy atom. The average Bonchev–Trinajstić information content (AvgIpc) is 2.52. The van der Waals surface area contributed by atoms with E-state index in [1.807, 2.05) is 11.9 Å². The lowest BCUT2D eigenvalue weighted by molar-refractivity contribution is 0.0691. The van der Waals surface area contributed by atoms with E-state index in [0.29, 0.717) is 0 Å². The van der Waals surface area contributed by atoms with E-state index in [-0.39, 0.29) is 5.69 Å². The summed E-state index contributed by atoms with van der Waals surface area (Å²) >= 11 is 1.36. The summed E-state index contributed by atoms with van der Waals surface area (Å²) in [4.78, 5) is 16.4. The van der Waals surface area contributed by atoms with Crippen molar-refractivity contribution in [3.63, 3.8) is 0 Å². The van der Waals surface area contributed by atoms with Gasteiger partial charge < -0.3 is 10.0 Å². The van der Waals surface area contributed by atoms with Gasteiger partial charge in [-0.05, 0) is 6.42 Å². The Morgan fingerprint density at radius 2 is 2.46 bits per heavy atom. The zero-order valence-corrected chi connectivity index (χ0v) is 8.47. The second-order valence-corrected chi connectivity index (χ2v) is 3.58. The molecule has 4 nitrogen and oxygen atoms in total. The van der Waals surface area contributed by atoms with Gasteiger partial charge in [0.15, 0.2) is 10.8 Å². The first-order valence-electron chi connectivity index (χ1n) is 4.05. The molecular weight excluding hydrogens is 188 g/mol. The van der Waals surface area contributed by atoms with Crippen LogP contribution in [0.5, 0.6) is 0 Å². The van der Waals surface area contributed by atoms with Crippen LogP contribution < -0.4 is 4.90 Å². The van der Waals surface area contributed by atoms with Gasteiger partial charge in [-0.2, -0.15) is 0 Å². The normalized spacial score (nSPS) is 10.0. The summed E-state index contributed by atoms with van der Waals surface area (Å²) < 4.78 is 0. The minimum absolute atomic E-state index is 0.128. The number of hydrogen-bond donors (Lipinski definition) is 1. The van der Waals surface area contributed by atoms with E-state index in [1.165, 1.54) is 11.3 Å². The summed E-state index contributed by atoms with van der Waals surface area (Å²) in [6.07, 6.45) is 1.03. The second-order valence-electron chi connectivity index (χ2n) is 2.74. The highest BCUT2D eigenvalue weighted by molar-refractivity contribution is 7.13. The van der Waals surface area contributed by atoms with Crippen molar-refractivity contribution in [1.82, 2.24) is 4.98 Å². The zero-order valence-electron chi connectivity index (χ0n) is 7.65. The van der Waals surface area contributed by atoms with Crippen molar-refractivity contribution >= 4 is 22.4 Å². The fourth-order valence-electron chi connectivity index (χ4n) is 0.969. The maximum absolute atomic E-state index is 10.5. The van der Waals surface area contributed by atoms with E-state index in [1.54, 1.807) is 5.38 Å². The maximum Gasteiger partial charge on any atom is 0.355 e. The number of rotatable bonds is 4. The smallest absolute Gasteiger partial charge is 0.355 e. The molecule has 0 saturated carbocycles. The predicted octanol–water partition coefficient (Wildman–Crippen LogP) is 1.69. The molecule has 0 bridgehead atoms. The van der Waals surface area contributed by atoms with Crippen LogP contribution >= 0.6 is 11.3 Å². The molecule has 0 aliphatic carbocycles. The molecule has 0 saturated heterocycles. The molecule has 1 aromatic heterocycles. The molecule has 0 fully saturated rings. The minimum Gasteiger partial charge on any atom is -0.476 e. The van der Waals surface area contributed by atoms with Crippen molar-refractivity contribution in [2.45, 2.75) is 13.3 Å². The van der Waals surface area contributed by atoms with E-state index in [2.05, 4.69) is 11.9 Å². The number of carbonyl (C=O) groups is 1. The molecule has 0 atom stereocenters. The molecule has 1 aromatic rings. The lowest BCUT2D eigenvalue weighted by Gasteiger charge is -2.13. The van der Waals surface area contributed by atoms with Crippen molar-refractivity contribution in [3.8, 4) is 0 Å². The second kappa shape index (κ2) is 4.23. The molecule has 0 amide bonds. The highest BCUT2D eigenvalue weighted by Crippen LogP contribution is 2.19. The summed E-state index contributed by atoms with van der Waals surface area (Å²) in [5.74, 6) is -0.965. The van der Waals surface area contributed by atoms with Gasteiger partial charge in [-0.25, -0.2) is 9.78 Å².